The first kappa shape index (κ1) is 16.3. The fourth-order valence-corrected chi connectivity index (χ4v) is 4.78. The molecule has 116 valence electrons. The lowest BCUT2D eigenvalue weighted by Gasteiger charge is -2.28. The summed E-state index contributed by atoms with van der Waals surface area (Å²) < 4.78 is 27.9. The summed E-state index contributed by atoms with van der Waals surface area (Å²) in [5.41, 5.74) is 0. The molecule has 0 aromatic heterocycles. The van der Waals surface area contributed by atoms with Gasteiger partial charge in [-0.1, -0.05) is 12.1 Å². The third-order valence-corrected chi connectivity index (χ3v) is 6.04. The summed E-state index contributed by atoms with van der Waals surface area (Å²) in [6.07, 6.45) is 1.47. The van der Waals surface area contributed by atoms with E-state index in [-0.39, 0.29) is 17.0 Å². The topological polar surface area (TPSA) is 95.5 Å². The van der Waals surface area contributed by atoms with Crippen molar-refractivity contribution >= 4 is 32.0 Å². The highest BCUT2D eigenvalue weighted by Gasteiger charge is 2.27. The highest BCUT2D eigenvalue weighted by atomic mass is 79.9. The maximum absolute atomic E-state index is 12.3. The first-order valence-corrected chi connectivity index (χ1v) is 8.92. The number of halogens is 1. The van der Waals surface area contributed by atoms with E-state index in [1.807, 2.05) is 0 Å². The molecule has 2 rings (SSSR count). The zero-order valence-electron chi connectivity index (χ0n) is 11.3. The Morgan fingerprint density at radius 2 is 1.71 bits per heavy atom. The van der Waals surface area contributed by atoms with Gasteiger partial charge >= 0.3 is 6.09 Å². The van der Waals surface area contributed by atoms with E-state index in [0.717, 1.165) is 0 Å². The average molecular weight is 377 g/mol. The highest BCUT2D eigenvalue weighted by molar-refractivity contribution is 9.10. The highest BCUT2D eigenvalue weighted by Crippen LogP contribution is 2.24. The molecule has 0 heterocycles. The lowest BCUT2D eigenvalue weighted by atomic mass is 9.92. The molecule has 0 spiro atoms. The SMILES string of the molecule is O=C(O)NC1CCC(NS(=O)(=O)c2ccccc2Br)CC1. The maximum Gasteiger partial charge on any atom is 0.404 e. The number of carbonyl (C=O) groups is 1. The largest absolute Gasteiger partial charge is 0.465 e. The molecule has 8 heteroatoms. The van der Waals surface area contributed by atoms with E-state index in [1.165, 1.54) is 0 Å². The van der Waals surface area contributed by atoms with Gasteiger partial charge in [0.15, 0.2) is 0 Å². The Balaban J connectivity index is 1.97. The van der Waals surface area contributed by atoms with E-state index in [4.69, 9.17) is 5.11 Å². The molecule has 0 atom stereocenters. The van der Waals surface area contributed by atoms with Crippen LogP contribution in [-0.2, 0) is 10.0 Å². The normalized spacial score (nSPS) is 22.7. The molecule has 0 bridgehead atoms. The van der Waals surface area contributed by atoms with E-state index in [9.17, 15) is 13.2 Å². The number of carboxylic acid groups (broad SMARTS) is 1. The van der Waals surface area contributed by atoms with Gasteiger partial charge in [0.25, 0.3) is 0 Å². The van der Waals surface area contributed by atoms with Crippen LogP contribution in [0.3, 0.4) is 0 Å². The lowest BCUT2D eigenvalue weighted by Crippen LogP contribution is -2.43. The fourth-order valence-electron chi connectivity index (χ4n) is 2.48. The van der Waals surface area contributed by atoms with Crippen molar-refractivity contribution in [2.45, 2.75) is 42.7 Å². The molecule has 21 heavy (non-hydrogen) atoms. The van der Waals surface area contributed by atoms with Gasteiger partial charge in [0, 0.05) is 16.6 Å². The van der Waals surface area contributed by atoms with Gasteiger partial charge in [0.2, 0.25) is 10.0 Å². The Hall–Kier alpha value is -1.12. The van der Waals surface area contributed by atoms with Crippen LogP contribution in [-0.4, -0.2) is 31.7 Å². The molecule has 1 amide bonds. The molecule has 1 aliphatic carbocycles. The molecule has 0 aliphatic heterocycles. The molecule has 1 aromatic carbocycles. The summed E-state index contributed by atoms with van der Waals surface area (Å²) in [7, 11) is -3.56. The smallest absolute Gasteiger partial charge is 0.404 e. The van der Waals surface area contributed by atoms with Crippen molar-refractivity contribution in [1.29, 1.82) is 0 Å². The van der Waals surface area contributed by atoms with Crippen LogP contribution in [0.1, 0.15) is 25.7 Å². The van der Waals surface area contributed by atoms with Crippen LogP contribution < -0.4 is 10.0 Å². The quantitative estimate of drug-likeness (QED) is 0.750. The molecule has 1 aliphatic rings. The average Bonchev–Trinajstić information content (AvgIpc) is 2.40. The molecule has 0 saturated heterocycles. The van der Waals surface area contributed by atoms with Crippen LogP contribution in [0.5, 0.6) is 0 Å². The van der Waals surface area contributed by atoms with Crippen LogP contribution in [0.2, 0.25) is 0 Å². The van der Waals surface area contributed by atoms with Crippen molar-refractivity contribution in [3.05, 3.63) is 28.7 Å². The van der Waals surface area contributed by atoms with Gasteiger partial charge in [-0.3, -0.25) is 0 Å². The summed E-state index contributed by atoms with van der Waals surface area (Å²) in [5, 5.41) is 11.1. The molecule has 0 unspecified atom stereocenters. The summed E-state index contributed by atoms with van der Waals surface area (Å²) in [4.78, 5) is 10.8. The minimum absolute atomic E-state index is 0.0910. The van der Waals surface area contributed by atoms with Crippen LogP contribution in [0.15, 0.2) is 33.6 Å². The summed E-state index contributed by atoms with van der Waals surface area (Å²) in [6, 6.07) is 6.41. The minimum Gasteiger partial charge on any atom is -0.465 e. The van der Waals surface area contributed by atoms with Crippen molar-refractivity contribution in [1.82, 2.24) is 10.0 Å². The second-order valence-electron chi connectivity index (χ2n) is 5.05. The number of hydrogen-bond acceptors (Lipinski definition) is 3. The van der Waals surface area contributed by atoms with Crippen LogP contribution in [0.25, 0.3) is 0 Å². The summed E-state index contributed by atoms with van der Waals surface area (Å²) in [6.45, 7) is 0. The Labute approximate surface area is 132 Å². The molecule has 3 N–H and O–H groups in total. The zero-order chi connectivity index (χ0) is 15.5. The standard InChI is InChI=1S/C13H17BrN2O4S/c14-11-3-1-2-4-12(11)21(19,20)16-10-7-5-9(6-8-10)15-13(17)18/h1-4,9-10,15-16H,5-8H2,(H,17,18). The first-order chi connectivity index (χ1) is 9.88. The van der Waals surface area contributed by atoms with Crippen molar-refractivity contribution in [2.24, 2.45) is 0 Å². The molecule has 1 saturated carbocycles. The number of rotatable bonds is 4. The van der Waals surface area contributed by atoms with Crippen molar-refractivity contribution in [3.63, 3.8) is 0 Å². The van der Waals surface area contributed by atoms with Gasteiger partial charge in [0.05, 0.1) is 4.90 Å². The molecule has 1 fully saturated rings. The van der Waals surface area contributed by atoms with Gasteiger partial charge < -0.3 is 10.4 Å². The third-order valence-electron chi connectivity index (χ3n) is 3.50. The Kier molecular flexibility index (Phi) is 5.23. The number of benzene rings is 1. The number of sulfonamides is 1. The molecular weight excluding hydrogens is 360 g/mol. The Morgan fingerprint density at radius 3 is 2.29 bits per heavy atom. The van der Waals surface area contributed by atoms with E-state index >= 15 is 0 Å². The maximum atomic E-state index is 12.3. The second-order valence-corrected chi connectivity index (χ2v) is 7.59. The molecule has 6 nitrogen and oxygen atoms in total. The minimum atomic E-state index is -3.56. The van der Waals surface area contributed by atoms with E-state index in [1.54, 1.807) is 24.3 Å². The monoisotopic (exact) mass is 376 g/mol. The zero-order valence-corrected chi connectivity index (χ0v) is 13.7. The Bertz CT molecular complexity index is 612. The van der Waals surface area contributed by atoms with Gasteiger partial charge in [-0.25, -0.2) is 17.9 Å². The second kappa shape index (κ2) is 6.76. The predicted molar refractivity (Wildman–Crippen MR) is 81.7 cm³/mol. The van der Waals surface area contributed by atoms with E-state index in [2.05, 4.69) is 26.0 Å². The van der Waals surface area contributed by atoms with Crippen molar-refractivity contribution in [2.75, 3.05) is 0 Å². The number of nitrogens with one attached hydrogen (secondary N) is 2. The first-order valence-electron chi connectivity index (χ1n) is 6.65. The van der Waals surface area contributed by atoms with Crippen LogP contribution in [0.4, 0.5) is 4.79 Å². The molecule has 0 radical (unpaired) electrons. The van der Waals surface area contributed by atoms with Crippen molar-refractivity contribution < 1.29 is 18.3 Å². The summed E-state index contributed by atoms with van der Waals surface area (Å²) >= 11 is 3.24. The predicted octanol–water partition coefficient (Wildman–Crippen LogP) is 2.31. The van der Waals surface area contributed by atoms with Crippen molar-refractivity contribution in [3.8, 4) is 0 Å². The van der Waals surface area contributed by atoms with Crippen LogP contribution in [0, 0.1) is 0 Å². The van der Waals surface area contributed by atoms with Gasteiger partial charge in [-0.05, 0) is 53.7 Å². The third kappa shape index (κ3) is 4.42. The number of amides is 1. The Morgan fingerprint density at radius 1 is 1.14 bits per heavy atom. The fraction of sp³-hybridized carbons (Fsp3) is 0.462. The molecule has 1 aromatic rings. The van der Waals surface area contributed by atoms with Gasteiger partial charge in [-0.15, -0.1) is 0 Å². The van der Waals surface area contributed by atoms with E-state index in [0.29, 0.717) is 30.2 Å². The van der Waals surface area contributed by atoms with Crippen LogP contribution >= 0.6 is 15.9 Å². The molecular formula is C13H17BrN2O4S. The number of hydrogen-bond donors (Lipinski definition) is 3. The lowest BCUT2D eigenvalue weighted by molar-refractivity contribution is 0.184. The summed E-state index contributed by atoms with van der Waals surface area (Å²) in [5.74, 6) is 0. The van der Waals surface area contributed by atoms with E-state index < -0.39 is 16.1 Å². The van der Waals surface area contributed by atoms with Gasteiger partial charge in [-0.2, -0.15) is 0 Å². The van der Waals surface area contributed by atoms with Gasteiger partial charge in [0.1, 0.15) is 0 Å².